The van der Waals surface area contributed by atoms with Gasteiger partial charge in [0.1, 0.15) is 18.4 Å². The van der Waals surface area contributed by atoms with Gasteiger partial charge in [-0.05, 0) is 56.0 Å². The molecule has 1 aliphatic rings. The van der Waals surface area contributed by atoms with E-state index in [-0.39, 0.29) is 29.0 Å². The number of anilines is 1. The standard InChI is InChI=1S/C32H38FN3O4S/c1-3-25-14-11-13-21-30(25)36(41(39,40)28-18-8-5-9-19-28)23-31(37)35(22-26-15-10-12-20-29(26)33)24(2)32(38)34-27-16-6-4-7-17-27/h5,8-15,18-21,24,27H,3-4,6-7,16-17,22-23H2,1-2H3,(H,34,38). The predicted octanol–water partition coefficient (Wildman–Crippen LogP) is 5.45. The first kappa shape index (κ1) is 30.2. The van der Waals surface area contributed by atoms with Crippen molar-refractivity contribution in [1.29, 1.82) is 0 Å². The van der Waals surface area contributed by atoms with Crippen LogP contribution in [0.15, 0.2) is 83.8 Å². The molecule has 0 bridgehead atoms. The molecule has 218 valence electrons. The van der Waals surface area contributed by atoms with Crippen LogP contribution in [0.2, 0.25) is 0 Å². The van der Waals surface area contributed by atoms with Gasteiger partial charge in [0.25, 0.3) is 10.0 Å². The van der Waals surface area contributed by atoms with Gasteiger partial charge in [0.2, 0.25) is 11.8 Å². The van der Waals surface area contributed by atoms with Gasteiger partial charge >= 0.3 is 0 Å². The number of hydrogen-bond donors (Lipinski definition) is 1. The van der Waals surface area contributed by atoms with E-state index in [1.54, 1.807) is 55.5 Å². The van der Waals surface area contributed by atoms with Crippen molar-refractivity contribution in [3.05, 3.63) is 95.8 Å². The molecule has 0 radical (unpaired) electrons. The van der Waals surface area contributed by atoms with Gasteiger partial charge in [-0.2, -0.15) is 0 Å². The van der Waals surface area contributed by atoms with Crippen molar-refractivity contribution in [2.24, 2.45) is 0 Å². The number of aryl methyl sites for hydroxylation is 1. The summed E-state index contributed by atoms with van der Waals surface area (Å²) in [6.45, 7) is 2.78. The zero-order valence-electron chi connectivity index (χ0n) is 23.6. The summed E-state index contributed by atoms with van der Waals surface area (Å²) < 4.78 is 43.8. The fourth-order valence-corrected chi connectivity index (χ4v) is 6.72. The maximum atomic E-state index is 14.7. The van der Waals surface area contributed by atoms with Crippen LogP contribution in [0.4, 0.5) is 10.1 Å². The van der Waals surface area contributed by atoms with Crippen LogP contribution in [0.1, 0.15) is 57.1 Å². The van der Waals surface area contributed by atoms with Crippen LogP contribution in [-0.4, -0.2) is 43.8 Å². The molecule has 1 saturated carbocycles. The number of para-hydroxylation sites is 1. The smallest absolute Gasteiger partial charge is 0.264 e. The molecule has 1 N–H and O–H groups in total. The van der Waals surface area contributed by atoms with E-state index in [0.29, 0.717) is 12.1 Å². The van der Waals surface area contributed by atoms with Crippen LogP contribution in [-0.2, 0) is 32.6 Å². The number of sulfonamides is 1. The first-order valence-electron chi connectivity index (χ1n) is 14.2. The highest BCUT2D eigenvalue weighted by Crippen LogP contribution is 2.28. The maximum absolute atomic E-state index is 14.7. The summed E-state index contributed by atoms with van der Waals surface area (Å²) in [7, 11) is -4.15. The summed E-state index contributed by atoms with van der Waals surface area (Å²) in [5, 5.41) is 3.06. The zero-order chi connectivity index (χ0) is 29.4. The number of nitrogens with zero attached hydrogens (tertiary/aromatic N) is 2. The molecular formula is C32H38FN3O4S. The fraction of sp³-hybridized carbons (Fsp3) is 0.375. The van der Waals surface area contributed by atoms with Gasteiger partial charge < -0.3 is 10.2 Å². The predicted molar refractivity (Wildman–Crippen MR) is 158 cm³/mol. The topological polar surface area (TPSA) is 86.8 Å². The molecule has 0 aliphatic heterocycles. The van der Waals surface area contributed by atoms with Gasteiger partial charge in [-0.25, -0.2) is 12.8 Å². The minimum Gasteiger partial charge on any atom is -0.352 e. The Labute approximate surface area is 242 Å². The highest BCUT2D eigenvalue weighted by Gasteiger charge is 2.34. The third-order valence-electron chi connectivity index (χ3n) is 7.67. The summed E-state index contributed by atoms with van der Waals surface area (Å²) in [5.74, 6) is -1.45. The quantitative estimate of drug-likeness (QED) is 0.327. The Kier molecular flexibility index (Phi) is 10.2. The molecule has 1 unspecified atom stereocenters. The van der Waals surface area contributed by atoms with E-state index in [1.807, 2.05) is 19.1 Å². The van der Waals surface area contributed by atoms with Crippen molar-refractivity contribution in [1.82, 2.24) is 10.2 Å². The molecule has 1 fully saturated rings. The van der Waals surface area contributed by atoms with Crippen molar-refractivity contribution < 1.29 is 22.4 Å². The Bertz CT molecular complexity index is 1440. The second kappa shape index (κ2) is 13.8. The first-order valence-corrected chi connectivity index (χ1v) is 15.6. The lowest BCUT2D eigenvalue weighted by atomic mass is 9.95. The number of hydrogen-bond acceptors (Lipinski definition) is 4. The lowest BCUT2D eigenvalue weighted by molar-refractivity contribution is -0.139. The molecule has 41 heavy (non-hydrogen) atoms. The van der Waals surface area contributed by atoms with Crippen LogP contribution in [0.25, 0.3) is 0 Å². The minimum absolute atomic E-state index is 0.0236. The van der Waals surface area contributed by atoms with Crippen molar-refractivity contribution in [3.8, 4) is 0 Å². The normalized spacial score (nSPS) is 14.7. The third-order valence-corrected chi connectivity index (χ3v) is 9.44. The number of benzene rings is 3. The fourth-order valence-electron chi connectivity index (χ4n) is 5.25. The van der Waals surface area contributed by atoms with E-state index >= 15 is 0 Å². The van der Waals surface area contributed by atoms with Crippen LogP contribution in [0, 0.1) is 5.82 Å². The number of carbonyl (C=O) groups is 2. The monoisotopic (exact) mass is 579 g/mol. The Morgan fingerprint density at radius 2 is 1.51 bits per heavy atom. The zero-order valence-corrected chi connectivity index (χ0v) is 24.4. The number of carbonyl (C=O) groups excluding carboxylic acids is 2. The van der Waals surface area contributed by atoms with Crippen LogP contribution in [0.3, 0.4) is 0 Å². The Balaban J connectivity index is 1.70. The van der Waals surface area contributed by atoms with E-state index in [0.717, 1.165) is 42.0 Å². The average Bonchev–Trinajstić information content (AvgIpc) is 3.00. The van der Waals surface area contributed by atoms with Gasteiger partial charge in [0.05, 0.1) is 10.6 Å². The lowest BCUT2D eigenvalue weighted by Crippen LogP contribution is -2.53. The molecule has 1 aliphatic carbocycles. The minimum atomic E-state index is -4.15. The Hall–Kier alpha value is -3.72. The third kappa shape index (κ3) is 7.33. The van der Waals surface area contributed by atoms with E-state index < -0.39 is 34.3 Å². The second-order valence-corrected chi connectivity index (χ2v) is 12.3. The summed E-state index contributed by atoms with van der Waals surface area (Å²) in [6, 6.07) is 20.1. The summed E-state index contributed by atoms with van der Waals surface area (Å²) in [4.78, 5) is 28.8. The van der Waals surface area contributed by atoms with Gasteiger partial charge in [-0.15, -0.1) is 0 Å². The highest BCUT2D eigenvalue weighted by molar-refractivity contribution is 7.92. The van der Waals surface area contributed by atoms with Crippen LogP contribution < -0.4 is 9.62 Å². The summed E-state index contributed by atoms with van der Waals surface area (Å²) >= 11 is 0. The largest absolute Gasteiger partial charge is 0.352 e. The SMILES string of the molecule is CCc1ccccc1N(CC(=O)N(Cc1ccccc1F)C(C)C(=O)NC1CCCCC1)S(=O)(=O)c1ccccc1. The molecule has 0 aromatic heterocycles. The van der Waals surface area contributed by atoms with Crippen molar-refractivity contribution in [2.75, 3.05) is 10.8 Å². The molecule has 1 atom stereocenters. The second-order valence-electron chi connectivity index (χ2n) is 10.4. The number of rotatable bonds is 11. The summed E-state index contributed by atoms with van der Waals surface area (Å²) in [6.07, 6.45) is 5.48. The molecule has 0 heterocycles. The number of nitrogens with one attached hydrogen (secondary N) is 1. The number of amides is 2. The molecule has 2 amide bonds. The molecule has 4 rings (SSSR count). The van der Waals surface area contributed by atoms with E-state index in [2.05, 4.69) is 5.32 Å². The molecular weight excluding hydrogens is 541 g/mol. The summed E-state index contributed by atoms with van der Waals surface area (Å²) in [5.41, 5.74) is 1.38. The number of halogens is 1. The maximum Gasteiger partial charge on any atom is 0.264 e. The lowest BCUT2D eigenvalue weighted by Gasteiger charge is -2.33. The van der Waals surface area contributed by atoms with E-state index in [1.165, 1.54) is 23.1 Å². The molecule has 3 aromatic carbocycles. The van der Waals surface area contributed by atoms with Gasteiger partial charge in [-0.3, -0.25) is 13.9 Å². The van der Waals surface area contributed by atoms with Gasteiger partial charge in [0, 0.05) is 18.2 Å². The first-order chi connectivity index (χ1) is 19.7. The molecule has 9 heteroatoms. The van der Waals surface area contributed by atoms with E-state index in [9.17, 15) is 22.4 Å². The van der Waals surface area contributed by atoms with Crippen molar-refractivity contribution >= 4 is 27.5 Å². The molecule has 7 nitrogen and oxygen atoms in total. The average molecular weight is 580 g/mol. The highest BCUT2D eigenvalue weighted by atomic mass is 32.2. The molecule has 3 aromatic rings. The Morgan fingerprint density at radius 3 is 2.17 bits per heavy atom. The van der Waals surface area contributed by atoms with Crippen LogP contribution >= 0.6 is 0 Å². The van der Waals surface area contributed by atoms with Gasteiger partial charge in [0.15, 0.2) is 0 Å². The molecule has 0 saturated heterocycles. The Morgan fingerprint density at radius 1 is 0.902 bits per heavy atom. The van der Waals surface area contributed by atoms with Gasteiger partial charge in [-0.1, -0.05) is 80.8 Å². The van der Waals surface area contributed by atoms with Crippen molar-refractivity contribution in [3.63, 3.8) is 0 Å². The van der Waals surface area contributed by atoms with Crippen molar-refractivity contribution in [2.45, 2.75) is 75.9 Å². The molecule has 0 spiro atoms. The van der Waals surface area contributed by atoms with E-state index in [4.69, 9.17) is 0 Å². The van der Waals surface area contributed by atoms with Crippen LogP contribution in [0.5, 0.6) is 0 Å².